The van der Waals surface area contributed by atoms with Gasteiger partial charge in [0.05, 0.1) is 10.8 Å². The molecule has 0 amide bonds. The molecule has 16 heavy (non-hydrogen) atoms. The molecule has 84 valence electrons. The second kappa shape index (κ2) is 4.34. The SMILES string of the molecule is COP(=O)(OC)c1ccnc2ccccc12. The summed E-state index contributed by atoms with van der Waals surface area (Å²) in [7, 11) is -0.470. The fourth-order valence-corrected chi connectivity index (χ4v) is 2.87. The van der Waals surface area contributed by atoms with E-state index in [1.54, 1.807) is 12.3 Å². The van der Waals surface area contributed by atoms with Gasteiger partial charge in [-0.1, -0.05) is 18.2 Å². The molecule has 0 spiro atoms. The monoisotopic (exact) mass is 237 g/mol. The number of benzene rings is 1. The lowest BCUT2D eigenvalue weighted by molar-refractivity contribution is 0.287. The zero-order valence-corrected chi connectivity index (χ0v) is 9.98. The van der Waals surface area contributed by atoms with Gasteiger partial charge in [0.2, 0.25) is 0 Å². The third kappa shape index (κ3) is 1.76. The van der Waals surface area contributed by atoms with Crippen LogP contribution in [0.3, 0.4) is 0 Å². The lowest BCUT2D eigenvalue weighted by Gasteiger charge is -2.15. The van der Waals surface area contributed by atoms with Crippen LogP contribution in [0.2, 0.25) is 0 Å². The molecule has 0 unspecified atom stereocenters. The van der Waals surface area contributed by atoms with E-state index in [4.69, 9.17) is 9.05 Å². The van der Waals surface area contributed by atoms with Crippen molar-refractivity contribution < 1.29 is 13.6 Å². The molecule has 0 N–H and O–H groups in total. The largest absolute Gasteiger partial charge is 0.361 e. The van der Waals surface area contributed by atoms with Crippen molar-refractivity contribution >= 4 is 23.8 Å². The lowest BCUT2D eigenvalue weighted by Crippen LogP contribution is -2.09. The Morgan fingerprint density at radius 3 is 2.50 bits per heavy atom. The first-order chi connectivity index (χ1) is 7.71. The molecule has 0 bridgehead atoms. The van der Waals surface area contributed by atoms with E-state index < -0.39 is 7.60 Å². The number of pyridine rings is 1. The maximum absolute atomic E-state index is 12.3. The van der Waals surface area contributed by atoms with Gasteiger partial charge in [-0.2, -0.15) is 0 Å². The molecule has 0 aliphatic rings. The van der Waals surface area contributed by atoms with Crippen LogP contribution in [0.4, 0.5) is 0 Å². The first-order valence-electron chi connectivity index (χ1n) is 4.77. The molecule has 0 saturated heterocycles. The van der Waals surface area contributed by atoms with E-state index in [2.05, 4.69) is 4.98 Å². The van der Waals surface area contributed by atoms with Gasteiger partial charge in [-0.3, -0.25) is 9.55 Å². The molecule has 0 aliphatic heterocycles. The Morgan fingerprint density at radius 2 is 1.81 bits per heavy atom. The van der Waals surface area contributed by atoms with Crippen LogP contribution in [0.15, 0.2) is 36.5 Å². The topological polar surface area (TPSA) is 48.4 Å². The number of hydrogen-bond acceptors (Lipinski definition) is 4. The average molecular weight is 237 g/mol. The Kier molecular flexibility index (Phi) is 3.06. The van der Waals surface area contributed by atoms with Gasteiger partial charge < -0.3 is 9.05 Å². The van der Waals surface area contributed by atoms with Crippen LogP contribution in [0.5, 0.6) is 0 Å². The van der Waals surface area contributed by atoms with Crippen molar-refractivity contribution in [3.63, 3.8) is 0 Å². The molecule has 4 nitrogen and oxygen atoms in total. The fourth-order valence-electron chi connectivity index (χ4n) is 1.59. The van der Waals surface area contributed by atoms with Gasteiger partial charge in [-0.05, 0) is 12.1 Å². The molecular weight excluding hydrogens is 225 g/mol. The number of fused-ring (bicyclic) bond motifs is 1. The molecule has 2 rings (SSSR count). The van der Waals surface area contributed by atoms with Gasteiger partial charge in [0.1, 0.15) is 0 Å². The smallest absolute Gasteiger partial charge is 0.309 e. The fraction of sp³-hybridized carbons (Fsp3) is 0.182. The quantitative estimate of drug-likeness (QED) is 0.769. The standard InChI is InChI=1S/C11H12NO3P/c1-14-16(13,15-2)11-7-8-12-10-6-4-3-5-9(10)11/h3-8H,1-2H3. The van der Waals surface area contributed by atoms with Crippen LogP contribution in [-0.4, -0.2) is 19.2 Å². The molecule has 1 aromatic heterocycles. The van der Waals surface area contributed by atoms with Gasteiger partial charge in [-0.25, -0.2) is 0 Å². The van der Waals surface area contributed by atoms with Gasteiger partial charge in [-0.15, -0.1) is 0 Å². The Morgan fingerprint density at radius 1 is 1.12 bits per heavy atom. The number of aromatic nitrogens is 1. The summed E-state index contributed by atoms with van der Waals surface area (Å²) < 4.78 is 22.3. The second-order valence-electron chi connectivity index (χ2n) is 3.21. The van der Waals surface area contributed by atoms with Gasteiger partial charge in [0.25, 0.3) is 0 Å². The maximum atomic E-state index is 12.3. The number of nitrogens with zero attached hydrogens (tertiary/aromatic N) is 1. The van der Waals surface area contributed by atoms with Crippen LogP contribution in [0.1, 0.15) is 0 Å². The highest BCUT2D eigenvalue weighted by Crippen LogP contribution is 2.46. The molecule has 0 aliphatic carbocycles. The van der Waals surface area contributed by atoms with Crippen LogP contribution in [-0.2, 0) is 13.6 Å². The van der Waals surface area contributed by atoms with Crippen LogP contribution >= 0.6 is 7.60 Å². The first kappa shape index (κ1) is 11.3. The highest BCUT2D eigenvalue weighted by molar-refractivity contribution is 7.62. The van der Waals surface area contributed by atoms with Crippen LogP contribution < -0.4 is 5.30 Å². The van der Waals surface area contributed by atoms with Crippen molar-refractivity contribution in [2.45, 2.75) is 0 Å². The maximum Gasteiger partial charge on any atom is 0.361 e. The van der Waals surface area contributed by atoms with Crippen molar-refractivity contribution in [3.8, 4) is 0 Å². The van der Waals surface area contributed by atoms with Crippen molar-refractivity contribution in [2.24, 2.45) is 0 Å². The van der Waals surface area contributed by atoms with Gasteiger partial charge >= 0.3 is 7.60 Å². The molecule has 1 heterocycles. The van der Waals surface area contributed by atoms with Crippen molar-refractivity contribution in [3.05, 3.63) is 36.5 Å². The normalized spacial score (nSPS) is 11.9. The molecule has 2 aromatic rings. The highest BCUT2D eigenvalue weighted by Gasteiger charge is 2.26. The summed E-state index contributed by atoms with van der Waals surface area (Å²) in [6.07, 6.45) is 1.60. The predicted octanol–water partition coefficient (Wildman–Crippen LogP) is 2.35. The molecule has 0 saturated carbocycles. The summed E-state index contributed by atoms with van der Waals surface area (Å²) in [5, 5.41) is 1.33. The van der Waals surface area contributed by atoms with E-state index >= 15 is 0 Å². The van der Waals surface area contributed by atoms with Gasteiger partial charge in [0, 0.05) is 25.8 Å². The van der Waals surface area contributed by atoms with E-state index in [-0.39, 0.29) is 0 Å². The van der Waals surface area contributed by atoms with Crippen LogP contribution in [0.25, 0.3) is 10.9 Å². The van der Waals surface area contributed by atoms with Crippen molar-refractivity contribution in [2.75, 3.05) is 14.2 Å². The molecule has 1 aromatic carbocycles. The Hall–Kier alpha value is -1.22. The van der Waals surface area contributed by atoms with Crippen molar-refractivity contribution in [1.82, 2.24) is 4.98 Å². The molecular formula is C11H12NO3P. The Bertz CT molecular complexity index is 542. The summed E-state index contributed by atoms with van der Waals surface area (Å²) in [5.74, 6) is 0. The van der Waals surface area contributed by atoms with E-state index in [9.17, 15) is 4.57 Å². The van der Waals surface area contributed by atoms with Crippen molar-refractivity contribution in [1.29, 1.82) is 0 Å². The predicted molar refractivity (Wildman–Crippen MR) is 63.0 cm³/mol. The zero-order chi connectivity index (χ0) is 11.6. The number of hydrogen-bond donors (Lipinski definition) is 0. The Labute approximate surface area is 93.8 Å². The summed E-state index contributed by atoms with van der Waals surface area (Å²) in [5.41, 5.74) is 0.773. The molecule has 5 heteroatoms. The van der Waals surface area contributed by atoms with E-state index in [1.165, 1.54) is 14.2 Å². The minimum atomic E-state index is -3.22. The van der Waals surface area contributed by atoms with E-state index in [1.807, 2.05) is 24.3 Å². The third-order valence-corrected chi connectivity index (χ3v) is 4.34. The molecule has 0 fully saturated rings. The third-order valence-electron chi connectivity index (χ3n) is 2.40. The summed E-state index contributed by atoms with van der Waals surface area (Å²) in [4.78, 5) is 4.19. The lowest BCUT2D eigenvalue weighted by atomic mass is 10.2. The first-order valence-corrected chi connectivity index (χ1v) is 6.31. The summed E-state index contributed by atoms with van der Waals surface area (Å²) in [6.45, 7) is 0. The van der Waals surface area contributed by atoms with Crippen LogP contribution in [0, 0.1) is 0 Å². The van der Waals surface area contributed by atoms with E-state index in [0.29, 0.717) is 5.30 Å². The molecule has 0 atom stereocenters. The summed E-state index contributed by atoms with van der Waals surface area (Å²) >= 11 is 0. The number of para-hydroxylation sites is 1. The number of rotatable bonds is 3. The minimum absolute atomic E-state index is 0.545. The zero-order valence-electron chi connectivity index (χ0n) is 9.08. The Balaban J connectivity index is 2.74. The van der Waals surface area contributed by atoms with E-state index in [0.717, 1.165) is 10.9 Å². The van der Waals surface area contributed by atoms with Gasteiger partial charge in [0.15, 0.2) is 0 Å². The minimum Gasteiger partial charge on any atom is -0.309 e. The molecule has 0 radical (unpaired) electrons. The highest BCUT2D eigenvalue weighted by atomic mass is 31.2. The summed E-state index contributed by atoms with van der Waals surface area (Å²) in [6, 6.07) is 9.11. The second-order valence-corrected chi connectivity index (χ2v) is 5.42. The average Bonchev–Trinajstić information content (AvgIpc) is 2.37.